The Morgan fingerprint density at radius 3 is 2.61 bits per heavy atom. The molecule has 28 heavy (non-hydrogen) atoms. The van der Waals surface area contributed by atoms with Gasteiger partial charge in [-0.05, 0) is 55.4 Å². The number of fused-ring (bicyclic) bond motifs is 4. The lowest BCUT2D eigenvalue weighted by atomic mass is 9.72. The lowest BCUT2D eigenvalue weighted by Gasteiger charge is -2.56. The van der Waals surface area contributed by atoms with Crippen LogP contribution in [0.2, 0.25) is 0 Å². The summed E-state index contributed by atoms with van der Waals surface area (Å²) in [6, 6.07) is 5.69. The van der Waals surface area contributed by atoms with Gasteiger partial charge < -0.3 is 15.1 Å². The molecule has 1 aromatic rings. The SMILES string of the molecule is CC(=O)NC[C@H]1[C@H]2C[C@H](CN(C(=O)c3ccc(F)cc3)C2)[C@@H]2CCCC(=O)N21. The Morgan fingerprint density at radius 1 is 1.18 bits per heavy atom. The van der Waals surface area contributed by atoms with Crippen LogP contribution in [-0.2, 0) is 9.59 Å². The Bertz CT molecular complexity index is 782. The Kier molecular flexibility index (Phi) is 5.08. The van der Waals surface area contributed by atoms with E-state index in [-0.39, 0.29) is 47.5 Å². The third kappa shape index (κ3) is 3.50. The van der Waals surface area contributed by atoms with E-state index in [0.29, 0.717) is 31.6 Å². The van der Waals surface area contributed by atoms with Gasteiger partial charge in [0.2, 0.25) is 11.8 Å². The molecule has 0 unspecified atom stereocenters. The summed E-state index contributed by atoms with van der Waals surface area (Å²) in [5, 5.41) is 2.88. The summed E-state index contributed by atoms with van der Waals surface area (Å²) in [5.41, 5.74) is 0.483. The molecule has 3 aliphatic rings. The lowest BCUT2D eigenvalue weighted by Crippen LogP contribution is -2.67. The molecule has 4 atom stereocenters. The summed E-state index contributed by atoms with van der Waals surface area (Å²) in [6.45, 7) is 3.07. The molecule has 0 saturated carbocycles. The molecule has 3 amide bonds. The Morgan fingerprint density at radius 2 is 1.89 bits per heavy atom. The molecule has 1 aromatic carbocycles. The first-order valence-corrected chi connectivity index (χ1v) is 10.0. The number of halogens is 1. The molecule has 3 aliphatic heterocycles. The van der Waals surface area contributed by atoms with E-state index in [9.17, 15) is 18.8 Å². The van der Waals surface area contributed by atoms with Gasteiger partial charge in [0, 0.05) is 44.6 Å². The molecule has 7 heteroatoms. The van der Waals surface area contributed by atoms with Crippen LogP contribution in [0, 0.1) is 17.7 Å². The topological polar surface area (TPSA) is 69.7 Å². The minimum atomic E-state index is -0.362. The van der Waals surface area contributed by atoms with E-state index in [1.165, 1.54) is 31.2 Å². The highest BCUT2D eigenvalue weighted by atomic mass is 19.1. The molecule has 3 heterocycles. The predicted molar refractivity (Wildman–Crippen MR) is 101 cm³/mol. The normalized spacial score (nSPS) is 29.3. The highest BCUT2D eigenvalue weighted by Gasteiger charge is 2.50. The molecule has 0 aromatic heterocycles. The van der Waals surface area contributed by atoms with Crippen LogP contribution in [0.1, 0.15) is 43.0 Å². The Hall–Kier alpha value is -2.44. The van der Waals surface area contributed by atoms with Crippen LogP contribution in [-0.4, -0.2) is 59.2 Å². The van der Waals surface area contributed by atoms with Gasteiger partial charge in [-0.25, -0.2) is 4.39 Å². The molecule has 2 bridgehead atoms. The first-order chi connectivity index (χ1) is 13.4. The molecule has 4 rings (SSSR count). The lowest BCUT2D eigenvalue weighted by molar-refractivity contribution is -0.151. The number of rotatable bonds is 3. The number of hydrogen-bond donors (Lipinski definition) is 1. The summed E-state index contributed by atoms with van der Waals surface area (Å²) >= 11 is 0. The second-order valence-corrected chi connectivity index (χ2v) is 8.24. The number of benzene rings is 1. The van der Waals surface area contributed by atoms with Crippen molar-refractivity contribution in [3.8, 4) is 0 Å². The molecule has 0 aliphatic carbocycles. The van der Waals surface area contributed by atoms with E-state index < -0.39 is 0 Å². The van der Waals surface area contributed by atoms with Gasteiger partial charge in [-0.1, -0.05) is 0 Å². The second-order valence-electron chi connectivity index (χ2n) is 8.24. The Labute approximate surface area is 164 Å². The number of piperidine rings is 3. The maximum Gasteiger partial charge on any atom is 0.253 e. The van der Waals surface area contributed by atoms with Crippen molar-refractivity contribution in [2.45, 2.75) is 44.7 Å². The number of nitrogens with zero attached hydrogens (tertiary/aromatic N) is 2. The standard InChI is InChI=1S/C21H26FN3O3/c1-13(26)23-10-19-16-9-15(18-3-2-4-20(27)25(18)19)11-24(12-16)21(28)14-5-7-17(22)8-6-14/h5-8,15-16,18-19H,2-4,9-12H2,1H3,(H,23,26)/t15-,16+,18+,19+/m1/s1. The quantitative estimate of drug-likeness (QED) is 0.860. The first kappa shape index (κ1) is 18.9. The smallest absolute Gasteiger partial charge is 0.253 e. The number of hydrogen-bond acceptors (Lipinski definition) is 3. The average molecular weight is 387 g/mol. The van der Waals surface area contributed by atoms with E-state index in [1.807, 2.05) is 9.80 Å². The van der Waals surface area contributed by atoms with Crippen molar-refractivity contribution in [3.05, 3.63) is 35.6 Å². The van der Waals surface area contributed by atoms with E-state index in [2.05, 4.69) is 5.32 Å². The molecule has 150 valence electrons. The first-order valence-electron chi connectivity index (χ1n) is 10.0. The Balaban J connectivity index is 1.58. The number of amides is 3. The van der Waals surface area contributed by atoms with Gasteiger partial charge in [0.15, 0.2) is 0 Å². The summed E-state index contributed by atoms with van der Waals surface area (Å²) < 4.78 is 13.2. The monoisotopic (exact) mass is 387 g/mol. The molecule has 3 saturated heterocycles. The van der Waals surface area contributed by atoms with Gasteiger partial charge >= 0.3 is 0 Å². The van der Waals surface area contributed by atoms with Crippen LogP contribution in [0.5, 0.6) is 0 Å². The van der Waals surface area contributed by atoms with Crippen LogP contribution in [0.15, 0.2) is 24.3 Å². The fraction of sp³-hybridized carbons (Fsp3) is 0.571. The molecular weight excluding hydrogens is 361 g/mol. The zero-order chi connectivity index (χ0) is 19.8. The maximum absolute atomic E-state index is 13.2. The largest absolute Gasteiger partial charge is 0.354 e. The summed E-state index contributed by atoms with van der Waals surface area (Å²) in [4.78, 5) is 41.0. The fourth-order valence-electron chi connectivity index (χ4n) is 5.23. The predicted octanol–water partition coefficient (Wildman–Crippen LogP) is 1.80. The second kappa shape index (κ2) is 7.53. The zero-order valence-electron chi connectivity index (χ0n) is 16.1. The molecular formula is C21H26FN3O3. The molecule has 3 fully saturated rings. The highest BCUT2D eigenvalue weighted by molar-refractivity contribution is 5.94. The summed E-state index contributed by atoms with van der Waals surface area (Å²) in [6.07, 6.45) is 3.34. The van der Waals surface area contributed by atoms with Gasteiger partial charge in [0.05, 0.1) is 6.04 Å². The van der Waals surface area contributed by atoms with E-state index in [0.717, 1.165) is 19.3 Å². The van der Waals surface area contributed by atoms with Crippen LogP contribution >= 0.6 is 0 Å². The van der Waals surface area contributed by atoms with Crippen molar-refractivity contribution in [1.29, 1.82) is 0 Å². The van der Waals surface area contributed by atoms with Gasteiger partial charge in [0.1, 0.15) is 5.82 Å². The third-order valence-electron chi connectivity index (χ3n) is 6.44. The molecule has 6 nitrogen and oxygen atoms in total. The average Bonchev–Trinajstić information content (AvgIpc) is 2.68. The van der Waals surface area contributed by atoms with Gasteiger partial charge in [-0.3, -0.25) is 14.4 Å². The zero-order valence-corrected chi connectivity index (χ0v) is 16.1. The minimum Gasteiger partial charge on any atom is -0.354 e. The van der Waals surface area contributed by atoms with Crippen LogP contribution in [0.25, 0.3) is 0 Å². The van der Waals surface area contributed by atoms with E-state index >= 15 is 0 Å². The highest BCUT2D eigenvalue weighted by Crippen LogP contribution is 2.41. The number of carbonyl (C=O) groups is 3. The van der Waals surface area contributed by atoms with E-state index in [1.54, 1.807) is 0 Å². The van der Waals surface area contributed by atoms with Crippen molar-refractivity contribution >= 4 is 17.7 Å². The fourth-order valence-corrected chi connectivity index (χ4v) is 5.23. The maximum atomic E-state index is 13.2. The number of likely N-dealkylation sites (tertiary alicyclic amines) is 1. The molecule has 0 spiro atoms. The van der Waals surface area contributed by atoms with Crippen molar-refractivity contribution in [2.24, 2.45) is 11.8 Å². The van der Waals surface area contributed by atoms with Crippen molar-refractivity contribution < 1.29 is 18.8 Å². The van der Waals surface area contributed by atoms with Crippen LogP contribution in [0.3, 0.4) is 0 Å². The third-order valence-corrected chi connectivity index (χ3v) is 6.44. The van der Waals surface area contributed by atoms with E-state index in [4.69, 9.17) is 0 Å². The van der Waals surface area contributed by atoms with Gasteiger partial charge in [0.25, 0.3) is 5.91 Å². The summed E-state index contributed by atoms with van der Waals surface area (Å²) in [7, 11) is 0. The molecule has 0 radical (unpaired) electrons. The summed E-state index contributed by atoms with van der Waals surface area (Å²) in [5.74, 6) is -0.0190. The molecule has 1 N–H and O–H groups in total. The van der Waals surface area contributed by atoms with Crippen molar-refractivity contribution in [1.82, 2.24) is 15.1 Å². The minimum absolute atomic E-state index is 0.0817. The van der Waals surface area contributed by atoms with Gasteiger partial charge in [-0.15, -0.1) is 0 Å². The number of carbonyl (C=O) groups excluding carboxylic acids is 3. The number of nitrogens with one attached hydrogen (secondary N) is 1. The van der Waals surface area contributed by atoms with Crippen LogP contribution < -0.4 is 5.32 Å². The van der Waals surface area contributed by atoms with Crippen molar-refractivity contribution in [3.63, 3.8) is 0 Å². The van der Waals surface area contributed by atoms with Crippen LogP contribution in [0.4, 0.5) is 4.39 Å². The van der Waals surface area contributed by atoms with Crippen molar-refractivity contribution in [2.75, 3.05) is 19.6 Å². The van der Waals surface area contributed by atoms with Gasteiger partial charge in [-0.2, -0.15) is 0 Å².